The van der Waals surface area contributed by atoms with Gasteiger partial charge in [0.05, 0.1) is 4.90 Å². The highest BCUT2D eigenvalue weighted by Crippen LogP contribution is 2.41. The van der Waals surface area contributed by atoms with Crippen LogP contribution in [0.5, 0.6) is 0 Å². The van der Waals surface area contributed by atoms with E-state index in [2.05, 4.69) is 10.3 Å². The molecule has 25 heavy (non-hydrogen) atoms. The quantitative estimate of drug-likeness (QED) is 0.913. The Hall–Kier alpha value is -2.25. The fraction of sp³-hybridized carbons (Fsp3) is 0.333. The predicted molar refractivity (Wildman–Crippen MR) is 95.6 cm³/mol. The van der Waals surface area contributed by atoms with Crippen LogP contribution in [-0.2, 0) is 14.8 Å². The van der Waals surface area contributed by atoms with Gasteiger partial charge in [0.15, 0.2) is 0 Å². The molecule has 132 valence electrons. The monoisotopic (exact) mass is 359 g/mol. The van der Waals surface area contributed by atoms with Gasteiger partial charge >= 0.3 is 0 Å². The highest BCUT2D eigenvalue weighted by Gasteiger charge is 2.46. The van der Waals surface area contributed by atoms with Gasteiger partial charge in [0.25, 0.3) is 0 Å². The Labute approximate surface area is 147 Å². The normalized spacial score (nSPS) is 22.4. The molecule has 1 aromatic carbocycles. The standard InChI is InChI=1S/C18H21N3O3S/c1-12(2)16-13-8-4-5-9-14(13)25(23,24)21(3)17(16)18(22)20-15-10-6-7-11-19-15/h4-12,16-17H,1-3H3,(H,19,20,22). The van der Waals surface area contributed by atoms with Crippen LogP contribution in [0.4, 0.5) is 5.82 Å². The van der Waals surface area contributed by atoms with Crippen molar-refractivity contribution in [3.05, 3.63) is 54.2 Å². The lowest BCUT2D eigenvalue weighted by Gasteiger charge is -2.40. The molecule has 0 saturated carbocycles. The van der Waals surface area contributed by atoms with Gasteiger partial charge in [-0.1, -0.05) is 38.1 Å². The molecule has 1 aliphatic heterocycles. The second kappa shape index (κ2) is 6.57. The molecule has 0 radical (unpaired) electrons. The van der Waals surface area contributed by atoms with Crippen LogP contribution in [-0.4, -0.2) is 36.7 Å². The first kappa shape index (κ1) is 17.6. The van der Waals surface area contributed by atoms with Gasteiger partial charge in [-0.25, -0.2) is 13.4 Å². The molecule has 2 unspecified atom stereocenters. The third-order valence-electron chi connectivity index (χ3n) is 4.57. The van der Waals surface area contributed by atoms with E-state index < -0.39 is 16.1 Å². The van der Waals surface area contributed by atoms with Crippen molar-refractivity contribution in [1.29, 1.82) is 0 Å². The number of anilines is 1. The summed E-state index contributed by atoms with van der Waals surface area (Å²) in [5.41, 5.74) is 0.691. The second-order valence-corrected chi connectivity index (χ2v) is 8.44. The van der Waals surface area contributed by atoms with Crippen LogP contribution < -0.4 is 5.32 Å². The smallest absolute Gasteiger partial charge is 0.244 e. The molecule has 1 aromatic heterocycles. The second-order valence-electron chi connectivity index (χ2n) is 6.48. The summed E-state index contributed by atoms with van der Waals surface area (Å²) in [7, 11) is -2.26. The molecule has 3 rings (SSSR count). The number of fused-ring (bicyclic) bond motifs is 1. The zero-order valence-corrected chi connectivity index (χ0v) is 15.2. The summed E-state index contributed by atoms with van der Waals surface area (Å²) in [4.78, 5) is 17.3. The maximum Gasteiger partial charge on any atom is 0.244 e. The van der Waals surface area contributed by atoms with Crippen LogP contribution in [0.1, 0.15) is 25.3 Å². The minimum Gasteiger partial charge on any atom is -0.309 e. The van der Waals surface area contributed by atoms with Gasteiger partial charge in [0.2, 0.25) is 15.9 Å². The Kier molecular flexibility index (Phi) is 4.62. The molecule has 2 atom stereocenters. The molecule has 0 saturated heterocycles. The van der Waals surface area contributed by atoms with E-state index >= 15 is 0 Å². The highest BCUT2D eigenvalue weighted by atomic mass is 32.2. The topological polar surface area (TPSA) is 79.4 Å². The maximum atomic E-state index is 12.9. The number of rotatable bonds is 3. The van der Waals surface area contributed by atoms with Crippen LogP contribution >= 0.6 is 0 Å². The average Bonchev–Trinajstić information content (AvgIpc) is 2.58. The van der Waals surface area contributed by atoms with Crippen LogP contribution in [0.15, 0.2) is 53.6 Å². The number of benzene rings is 1. The summed E-state index contributed by atoms with van der Waals surface area (Å²) in [5.74, 6) is -0.135. The number of likely N-dealkylation sites (N-methyl/N-ethyl adjacent to an activating group) is 1. The summed E-state index contributed by atoms with van der Waals surface area (Å²) in [6.07, 6.45) is 1.58. The number of hydrogen-bond acceptors (Lipinski definition) is 4. The Morgan fingerprint density at radius 1 is 1.16 bits per heavy atom. The Balaban J connectivity index is 2.07. The number of hydrogen-bond donors (Lipinski definition) is 1. The lowest BCUT2D eigenvalue weighted by atomic mass is 9.81. The van der Waals surface area contributed by atoms with E-state index in [1.807, 2.05) is 19.9 Å². The van der Waals surface area contributed by atoms with Crippen molar-refractivity contribution < 1.29 is 13.2 Å². The fourth-order valence-electron chi connectivity index (χ4n) is 3.38. The van der Waals surface area contributed by atoms with Gasteiger partial charge in [-0.05, 0) is 29.7 Å². The van der Waals surface area contributed by atoms with Gasteiger partial charge in [-0.2, -0.15) is 4.31 Å². The molecule has 0 fully saturated rings. The van der Waals surface area contributed by atoms with Crippen LogP contribution in [0, 0.1) is 5.92 Å². The van der Waals surface area contributed by atoms with Crippen molar-refractivity contribution in [2.24, 2.45) is 5.92 Å². The minimum atomic E-state index is -3.72. The molecule has 6 nitrogen and oxygen atoms in total. The van der Waals surface area contributed by atoms with Crippen molar-refractivity contribution in [2.45, 2.75) is 30.7 Å². The predicted octanol–water partition coefficient (Wildman–Crippen LogP) is 2.46. The minimum absolute atomic E-state index is 0.0820. The molecular weight excluding hydrogens is 338 g/mol. The largest absolute Gasteiger partial charge is 0.309 e. The number of nitrogens with zero attached hydrogens (tertiary/aromatic N) is 2. The summed E-state index contributed by atoms with van der Waals surface area (Å²) in [5, 5.41) is 2.74. The Morgan fingerprint density at radius 2 is 1.84 bits per heavy atom. The van der Waals surface area contributed by atoms with Gasteiger partial charge in [-0.15, -0.1) is 0 Å². The Bertz CT molecular complexity index is 881. The van der Waals surface area contributed by atoms with E-state index in [1.54, 1.807) is 42.6 Å². The first-order valence-electron chi connectivity index (χ1n) is 8.13. The van der Waals surface area contributed by atoms with E-state index in [0.717, 1.165) is 0 Å². The molecule has 1 aliphatic rings. The summed E-state index contributed by atoms with van der Waals surface area (Å²) >= 11 is 0. The average molecular weight is 359 g/mol. The molecular formula is C18H21N3O3S. The van der Waals surface area contributed by atoms with Crippen LogP contribution in [0.25, 0.3) is 0 Å². The van der Waals surface area contributed by atoms with Crippen LogP contribution in [0.2, 0.25) is 0 Å². The summed E-state index contributed by atoms with van der Waals surface area (Å²) in [6, 6.07) is 11.3. The lowest BCUT2D eigenvalue weighted by Crippen LogP contribution is -2.53. The number of amides is 1. The van der Waals surface area contributed by atoms with Crippen molar-refractivity contribution in [2.75, 3.05) is 12.4 Å². The number of nitrogens with one attached hydrogen (secondary N) is 1. The molecule has 0 bridgehead atoms. The lowest BCUT2D eigenvalue weighted by molar-refractivity contribution is -0.120. The molecule has 7 heteroatoms. The molecule has 0 aliphatic carbocycles. The van der Waals surface area contributed by atoms with Gasteiger partial charge < -0.3 is 5.32 Å². The number of aromatic nitrogens is 1. The molecule has 0 spiro atoms. The molecule has 2 heterocycles. The fourth-order valence-corrected chi connectivity index (χ4v) is 4.97. The van der Waals surface area contributed by atoms with Crippen molar-refractivity contribution in [3.63, 3.8) is 0 Å². The summed E-state index contributed by atoms with van der Waals surface area (Å²) in [6.45, 7) is 3.99. The van der Waals surface area contributed by atoms with Crippen molar-refractivity contribution in [1.82, 2.24) is 9.29 Å². The third kappa shape index (κ3) is 3.05. The first-order valence-corrected chi connectivity index (χ1v) is 9.57. The summed E-state index contributed by atoms with van der Waals surface area (Å²) < 4.78 is 26.9. The molecule has 1 N–H and O–H groups in total. The number of carbonyl (C=O) groups is 1. The Morgan fingerprint density at radius 3 is 2.48 bits per heavy atom. The van der Waals surface area contributed by atoms with Gasteiger partial charge in [0, 0.05) is 19.2 Å². The molecule has 2 aromatic rings. The number of pyridine rings is 1. The van der Waals surface area contributed by atoms with E-state index in [4.69, 9.17) is 0 Å². The maximum absolute atomic E-state index is 12.9. The van der Waals surface area contributed by atoms with Gasteiger partial charge in [-0.3, -0.25) is 4.79 Å². The van der Waals surface area contributed by atoms with E-state index in [9.17, 15) is 13.2 Å². The number of sulfonamides is 1. The van der Waals surface area contributed by atoms with E-state index in [-0.39, 0.29) is 22.6 Å². The highest BCUT2D eigenvalue weighted by molar-refractivity contribution is 7.89. The van der Waals surface area contributed by atoms with E-state index in [1.165, 1.54) is 11.4 Å². The van der Waals surface area contributed by atoms with Crippen molar-refractivity contribution >= 4 is 21.7 Å². The van der Waals surface area contributed by atoms with Crippen molar-refractivity contribution in [3.8, 4) is 0 Å². The zero-order chi connectivity index (χ0) is 18.2. The van der Waals surface area contributed by atoms with E-state index in [0.29, 0.717) is 11.4 Å². The third-order valence-corrected chi connectivity index (χ3v) is 6.48. The van der Waals surface area contributed by atoms with Crippen LogP contribution in [0.3, 0.4) is 0 Å². The first-order chi connectivity index (χ1) is 11.8. The number of carbonyl (C=O) groups excluding carboxylic acids is 1. The SMILES string of the molecule is CC(C)C1c2ccccc2S(=O)(=O)N(C)C1C(=O)Nc1ccccn1. The van der Waals surface area contributed by atoms with Gasteiger partial charge in [0.1, 0.15) is 11.9 Å². The zero-order valence-electron chi connectivity index (χ0n) is 14.4. The molecule has 1 amide bonds.